The Morgan fingerprint density at radius 2 is 2.10 bits per heavy atom. The van der Waals surface area contributed by atoms with Crippen molar-refractivity contribution in [1.29, 1.82) is 0 Å². The quantitative estimate of drug-likeness (QED) is 0.676. The van der Waals surface area contributed by atoms with Gasteiger partial charge >= 0.3 is 0 Å². The topological polar surface area (TPSA) is 86.3 Å². The number of amides is 1. The molecule has 2 N–H and O–H groups in total. The molecule has 2 aromatic heterocycles. The van der Waals surface area contributed by atoms with Gasteiger partial charge in [0.25, 0.3) is 0 Å². The van der Waals surface area contributed by atoms with Crippen molar-refractivity contribution in [1.82, 2.24) is 19.4 Å². The zero-order valence-corrected chi connectivity index (χ0v) is 16.8. The third kappa shape index (κ3) is 3.27. The number of nitrogens with two attached hydrogens (primary N) is 1. The average Bonchev–Trinajstić information content (AvgIpc) is 3.32. The Morgan fingerprint density at radius 3 is 2.79 bits per heavy atom. The predicted octanol–water partition coefficient (Wildman–Crippen LogP) is 2.87. The molecule has 1 saturated heterocycles. The van der Waals surface area contributed by atoms with E-state index in [2.05, 4.69) is 45.4 Å². The summed E-state index contributed by atoms with van der Waals surface area (Å²) in [5.74, 6) is 0.618. The number of hydrogen-bond acceptors (Lipinski definition) is 5. The monoisotopic (exact) mass is 391 g/mol. The SMILES string of the molecule is C=CC(=O)N1CC[C@@H](c2c(-c3ccc(COC)cc3)c3c(N)ncnc3n2C)C1. The number of carbonyl (C=O) groups excluding carboxylic acids is 1. The van der Waals surface area contributed by atoms with Crippen molar-refractivity contribution in [2.45, 2.75) is 18.9 Å². The van der Waals surface area contributed by atoms with Crippen LogP contribution in [0.1, 0.15) is 23.6 Å². The summed E-state index contributed by atoms with van der Waals surface area (Å²) in [6.45, 7) is 5.54. The molecule has 0 aliphatic carbocycles. The van der Waals surface area contributed by atoms with E-state index in [9.17, 15) is 4.79 Å². The maximum atomic E-state index is 12.1. The Labute approximate surface area is 169 Å². The summed E-state index contributed by atoms with van der Waals surface area (Å²) in [6.07, 6.45) is 3.75. The number of aromatic nitrogens is 3. The lowest BCUT2D eigenvalue weighted by Gasteiger charge is -2.17. The lowest BCUT2D eigenvalue weighted by molar-refractivity contribution is -0.125. The van der Waals surface area contributed by atoms with Gasteiger partial charge in [0.1, 0.15) is 17.8 Å². The molecule has 1 atom stereocenters. The summed E-state index contributed by atoms with van der Waals surface area (Å²) in [4.78, 5) is 22.7. The summed E-state index contributed by atoms with van der Waals surface area (Å²) in [5, 5.41) is 0.859. The summed E-state index contributed by atoms with van der Waals surface area (Å²) in [5.41, 5.74) is 11.4. The van der Waals surface area contributed by atoms with Gasteiger partial charge in [-0.1, -0.05) is 30.8 Å². The van der Waals surface area contributed by atoms with Gasteiger partial charge in [-0.3, -0.25) is 4.79 Å². The van der Waals surface area contributed by atoms with Crippen molar-refractivity contribution < 1.29 is 9.53 Å². The van der Waals surface area contributed by atoms with Gasteiger partial charge in [0.05, 0.1) is 12.0 Å². The number of anilines is 1. The van der Waals surface area contributed by atoms with Gasteiger partial charge in [0.15, 0.2) is 0 Å². The van der Waals surface area contributed by atoms with Gasteiger partial charge in [-0.25, -0.2) is 9.97 Å². The van der Waals surface area contributed by atoms with Gasteiger partial charge in [-0.05, 0) is 23.6 Å². The van der Waals surface area contributed by atoms with Crippen LogP contribution in [0, 0.1) is 0 Å². The van der Waals surface area contributed by atoms with Crippen molar-refractivity contribution in [3.63, 3.8) is 0 Å². The Balaban J connectivity index is 1.87. The number of carbonyl (C=O) groups is 1. The van der Waals surface area contributed by atoms with Crippen LogP contribution in [0.4, 0.5) is 5.82 Å². The number of fused-ring (bicyclic) bond motifs is 1. The normalized spacial score (nSPS) is 16.5. The first-order valence-electron chi connectivity index (χ1n) is 9.63. The number of benzene rings is 1. The first-order valence-corrected chi connectivity index (χ1v) is 9.63. The molecule has 3 heterocycles. The molecule has 1 amide bonds. The number of methoxy groups -OCH3 is 1. The van der Waals surface area contributed by atoms with Crippen LogP contribution in [0.25, 0.3) is 22.2 Å². The van der Waals surface area contributed by atoms with Crippen LogP contribution in [-0.4, -0.2) is 45.5 Å². The van der Waals surface area contributed by atoms with Crippen molar-refractivity contribution in [3.05, 3.63) is 54.5 Å². The average molecular weight is 391 g/mol. The van der Waals surface area contributed by atoms with Crippen LogP contribution in [0.3, 0.4) is 0 Å². The van der Waals surface area contributed by atoms with Crippen LogP contribution in [0.2, 0.25) is 0 Å². The first kappa shape index (κ1) is 19.1. The molecule has 7 nitrogen and oxygen atoms in total. The zero-order chi connectivity index (χ0) is 20.5. The molecule has 1 aliphatic rings. The molecule has 3 aromatic rings. The van der Waals surface area contributed by atoms with Crippen molar-refractivity contribution in [2.24, 2.45) is 7.05 Å². The lowest BCUT2D eigenvalue weighted by atomic mass is 9.94. The molecular weight excluding hydrogens is 366 g/mol. The Kier molecular flexibility index (Phi) is 5.07. The summed E-state index contributed by atoms with van der Waals surface area (Å²) in [7, 11) is 3.69. The van der Waals surface area contributed by atoms with Gasteiger partial charge in [-0.2, -0.15) is 0 Å². The standard InChI is InChI=1S/C22H25N5O2/c1-4-17(28)27-10-9-16(11-27)20-18(15-7-5-14(6-8-15)12-29-3)19-21(23)24-13-25-22(19)26(20)2/h4-8,13,16H,1,9-12H2,2-3H3,(H2,23,24,25)/t16-/m1/s1. The highest BCUT2D eigenvalue weighted by Gasteiger charge is 2.32. The second kappa shape index (κ2) is 7.67. The fraction of sp³-hybridized carbons (Fsp3) is 0.318. The molecule has 1 aromatic carbocycles. The van der Waals surface area contributed by atoms with Gasteiger partial charge in [-0.15, -0.1) is 0 Å². The minimum Gasteiger partial charge on any atom is -0.383 e. The van der Waals surface area contributed by atoms with E-state index in [1.807, 2.05) is 11.9 Å². The van der Waals surface area contributed by atoms with E-state index in [4.69, 9.17) is 10.5 Å². The largest absolute Gasteiger partial charge is 0.383 e. The Morgan fingerprint density at radius 1 is 1.34 bits per heavy atom. The van der Waals surface area contributed by atoms with Crippen molar-refractivity contribution in [2.75, 3.05) is 25.9 Å². The van der Waals surface area contributed by atoms with E-state index < -0.39 is 0 Å². The Bertz CT molecular complexity index is 1070. The lowest BCUT2D eigenvalue weighted by Crippen LogP contribution is -2.26. The maximum Gasteiger partial charge on any atom is 0.245 e. The molecule has 0 radical (unpaired) electrons. The number of ether oxygens (including phenoxy) is 1. The van der Waals surface area contributed by atoms with Crippen LogP contribution in [0.15, 0.2) is 43.2 Å². The molecule has 4 rings (SSSR count). The number of rotatable bonds is 5. The number of aryl methyl sites for hydroxylation is 1. The van der Waals surface area contributed by atoms with Crippen molar-refractivity contribution >= 4 is 22.8 Å². The van der Waals surface area contributed by atoms with E-state index >= 15 is 0 Å². The number of likely N-dealkylation sites (tertiary alicyclic amines) is 1. The molecule has 0 spiro atoms. The third-order valence-electron chi connectivity index (χ3n) is 5.66. The fourth-order valence-corrected chi connectivity index (χ4v) is 4.31. The molecule has 0 saturated carbocycles. The minimum absolute atomic E-state index is 0.0314. The number of nitrogens with zero attached hydrogens (tertiary/aromatic N) is 4. The highest BCUT2D eigenvalue weighted by atomic mass is 16.5. The van der Waals surface area contributed by atoms with Gasteiger partial charge in [0.2, 0.25) is 5.91 Å². The van der Waals surface area contributed by atoms with Gasteiger partial charge < -0.3 is 19.9 Å². The molecule has 1 fully saturated rings. The van der Waals surface area contributed by atoms with E-state index in [-0.39, 0.29) is 11.8 Å². The van der Waals surface area contributed by atoms with Crippen molar-refractivity contribution in [3.8, 4) is 11.1 Å². The second-order valence-corrected chi connectivity index (χ2v) is 7.38. The maximum absolute atomic E-state index is 12.1. The highest BCUT2D eigenvalue weighted by molar-refractivity contribution is 6.02. The number of hydrogen-bond donors (Lipinski definition) is 1. The summed E-state index contributed by atoms with van der Waals surface area (Å²) < 4.78 is 7.32. The minimum atomic E-state index is -0.0314. The third-order valence-corrected chi connectivity index (χ3v) is 5.66. The summed E-state index contributed by atoms with van der Waals surface area (Å²) >= 11 is 0. The molecule has 150 valence electrons. The molecular formula is C22H25N5O2. The molecule has 0 unspecified atom stereocenters. The molecule has 7 heteroatoms. The second-order valence-electron chi connectivity index (χ2n) is 7.38. The van der Waals surface area contributed by atoms with E-state index in [0.717, 1.165) is 39.8 Å². The van der Waals surface area contributed by atoms with E-state index in [1.165, 1.54) is 12.4 Å². The number of nitrogen functional groups attached to an aromatic ring is 1. The van der Waals surface area contributed by atoms with E-state index in [0.29, 0.717) is 25.5 Å². The molecule has 0 bridgehead atoms. The first-order chi connectivity index (χ1) is 14.0. The van der Waals surface area contributed by atoms with Gasteiger partial charge in [0, 0.05) is 44.4 Å². The molecule has 1 aliphatic heterocycles. The van der Waals surface area contributed by atoms with Crippen LogP contribution < -0.4 is 5.73 Å². The smallest absolute Gasteiger partial charge is 0.245 e. The van der Waals surface area contributed by atoms with Crippen LogP contribution >= 0.6 is 0 Å². The van der Waals surface area contributed by atoms with Crippen LogP contribution in [-0.2, 0) is 23.2 Å². The fourth-order valence-electron chi connectivity index (χ4n) is 4.31. The zero-order valence-electron chi connectivity index (χ0n) is 16.8. The Hall–Kier alpha value is -3.19. The summed E-state index contributed by atoms with van der Waals surface area (Å²) in [6, 6.07) is 8.29. The van der Waals surface area contributed by atoms with Crippen LogP contribution in [0.5, 0.6) is 0 Å². The molecule has 29 heavy (non-hydrogen) atoms. The predicted molar refractivity (Wildman–Crippen MR) is 113 cm³/mol. The van der Waals surface area contributed by atoms with E-state index in [1.54, 1.807) is 7.11 Å². The highest BCUT2D eigenvalue weighted by Crippen LogP contribution is 2.42.